The Morgan fingerprint density at radius 3 is 2.69 bits per heavy atom. The second-order valence-corrected chi connectivity index (χ2v) is 6.52. The molecule has 2 N–H and O–H groups in total. The van der Waals surface area contributed by atoms with Crippen LogP contribution in [0.4, 0.5) is 16.2 Å². The van der Waals surface area contributed by atoms with Crippen LogP contribution in [0.3, 0.4) is 0 Å². The molecular formula is C20H23N5O. The molecule has 1 saturated heterocycles. The third-order valence-corrected chi connectivity index (χ3v) is 4.76. The molecule has 0 atom stereocenters. The first-order chi connectivity index (χ1) is 12.8. The number of carbonyl (C=O) groups excluding carboxylic acids is 1. The third kappa shape index (κ3) is 3.49. The smallest absolute Gasteiger partial charge is 0.319 e. The number of hydrogen-bond donors (Lipinski definition) is 2. The van der Waals surface area contributed by atoms with E-state index in [9.17, 15) is 4.79 Å². The van der Waals surface area contributed by atoms with Gasteiger partial charge in [-0.15, -0.1) is 0 Å². The van der Waals surface area contributed by atoms with Crippen LogP contribution in [0.15, 0.2) is 54.9 Å². The topological polar surface area (TPSA) is 62.2 Å². The van der Waals surface area contributed by atoms with Gasteiger partial charge in [0, 0.05) is 26.2 Å². The Morgan fingerprint density at radius 1 is 1.04 bits per heavy atom. The average molecular weight is 349 g/mol. The summed E-state index contributed by atoms with van der Waals surface area (Å²) >= 11 is 0. The van der Waals surface area contributed by atoms with Gasteiger partial charge >= 0.3 is 6.03 Å². The molecule has 2 amide bonds. The minimum atomic E-state index is -0.180. The summed E-state index contributed by atoms with van der Waals surface area (Å²) < 4.78 is 2.05. The molecule has 0 bridgehead atoms. The highest BCUT2D eigenvalue weighted by Gasteiger charge is 2.16. The molecule has 3 aromatic rings. The molecule has 1 aliphatic rings. The fraction of sp³-hybridized carbons (Fsp3) is 0.300. The summed E-state index contributed by atoms with van der Waals surface area (Å²) in [6.07, 6.45) is 4.23. The van der Waals surface area contributed by atoms with Crippen molar-refractivity contribution in [3.8, 4) is 0 Å². The minimum absolute atomic E-state index is 0.180. The number of rotatable bonds is 5. The van der Waals surface area contributed by atoms with E-state index in [1.807, 2.05) is 53.4 Å². The van der Waals surface area contributed by atoms with Gasteiger partial charge in [-0.1, -0.05) is 24.3 Å². The highest BCUT2D eigenvalue weighted by Crippen LogP contribution is 2.28. The van der Waals surface area contributed by atoms with Crippen molar-refractivity contribution >= 4 is 28.4 Å². The van der Waals surface area contributed by atoms with E-state index in [4.69, 9.17) is 0 Å². The highest BCUT2D eigenvalue weighted by molar-refractivity contribution is 5.93. The number of anilines is 2. The predicted octanol–water partition coefficient (Wildman–Crippen LogP) is 3.46. The molecule has 2 heterocycles. The second kappa shape index (κ2) is 7.47. The standard InChI is InChI=1S/C20H23N5O/c26-20(21-11-14-25-15-22-16-7-1-3-9-18(16)25)23-17-8-2-4-10-19(17)24-12-5-6-13-24/h1-4,7-10,15H,5-6,11-14H2,(H2,21,23,26). The molecule has 0 unspecified atom stereocenters. The minimum Gasteiger partial charge on any atom is -0.370 e. The van der Waals surface area contributed by atoms with Crippen molar-refractivity contribution in [3.05, 3.63) is 54.9 Å². The molecular weight excluding hydrogens is 326 g/mol. The quantitative estimate of drug-likeness (QED) is 0.741. The largest absolute Gasteiger partial charge is 0.370 e. The zero-order valence-corrected chi connectivity index (χ0v) is 14.7. The Bertz CT molecular complexity index is 898. The maximum absolute atomic E-state index is 12.3. The van der Waals surface area contributed by atoms with Gasteiger partial charge in [0.1, 0.15) is 0 Å². The summed E-state index contributed by atoms with van der Waals surface area (Å²) in [4.78, 5) is 19.0. The van der Waals surface area contributed by atoms with Gasteiger partial charge in [-0.05, 0) is 37.1 Å². The van der Waals surface area contributed by atoms with Crippen molar-refractivity contribution < 1.29 is 4.79 Å². The van der Waals surface area contributed by atoms with Crippen LogP contribution in [0.2, 0.25) is 0 Å². The maximum Gasteiger partial charge on any atom is 0.319 e. The molecule has 1 aromatic heterocycles. The third-order valence-electron chi connectivity index (χ3n) is 4.76. The number of amides is 2. The Labute approximate surface area is 152 Å². The summed E-state index contributed by atoms with van der Waals surface area (Å²) in [5, 5.41) is 5.92. The average Bonchev–Trinajstić information content (AvgIpc) is 3.33. The van der Waals surface area contributed by atoms with Crippen LogP contribution >= 0.6 is 0 Å². The molecule has 134 valence electrons. The van der Waals surface area contributed by atoms with Crippen LogP contribution < -0.4 is 15.5 Å². The molecule has 0 saturated carbocycles. The van der Waals surface area contributed by atoms with Gasteiger partial charge in [0.25, 0.3) is 0 Å². The molecule has 6 heteroatoms. The van der Waals surface area contributed by atoms with Crippen molar-refractivity contribution in [3.63, 3.8) is 0 Å². The highest BCUT2D eigenvalue weighted by atomic mass is 16.2. The second-order valence-electron chi connectivity index (χ2n) is 6.52. The molecule has 0 radical (unpaired) electrons. The van der Waals surface area contributed by atoms with Crippen molar-refractivity contribution in [1.29, 1.82) is 0 Å². The lowest BCUT2D eigenvalue weighted by molar-refractivity contribution is 0.251. The number of carbonyl (C=O) groups is 1. The molecule has 1 aliphatic heterocycles. The van der Waals surface area contributed by atoms with E-state index in [0.29, 0.717) is 13.1 Å². The first-order valence-electron chi connectivity index (χ1n) is 9.10. The lowest BCUT2D eigenvalue weighted by atomic mass is 10.2. The SMILES string of the molecule is O=C(NCCn1cnc2ccccc21)Nc1ccccc1N1CCCC1. The zero-order chi connectivity index (χ0) is 17.8. The summed E-state index contributed by atoms with van der Waals surface area (Å²) in [5.74, 6) is 0. The van der Waals surface area contributed by atoms with Crippen molar-refractivity contribution in [1.82, 2.24) is 14.9 Å². The van der Waals surface area contributed by atoms with Crippen molar-refractivity contribution in [2.45, 2.75) is 19.4 Å². The van der Waals surface area contributed by atoms with E-state index in [2.05, 4.69) is 26.6 Å². The number of benzene rings is 2. The molecule has 0 aliphatic carbocycles. The van der Waals surface area contributed by atoms with Gasteiger partial charge in [-0.3, -0.25) is 0 Å². The molecule has 4 rings (SSSR count). The number of aromatic nitrogens is 2. The van der Waals surface area contributed by atoms with E-state index in [-0.39, 0.29) is 6.03 Å². The van der Waals surface area contributed by atoms with Gasteiger partial charge in [0.15, 0.2) is 0 Å². The van der Waals surface area contributed by atoms with E-state index >= 15 is 0 Å². The fourth-order valence-corrected chi connectivity index (χ4v) is 3.46. The molecule has 1 fully saturated rings. The van der Waals surface area contributed by atoms with Crippen molar-refractivity contribution in [2.24, 2.45) is 0 Å². The van der Waals surface area contributed by atoms with E-state index < -0.39 is 0 Å². The van der Waals surface area contributed by atoms with Gasteiger partial charge in [-0.2, -0.15) is 0 Å². The Hall–Kier alpha value is -3.02. The van der Waals surface area contributed by atoms with Crippen LogP contribution in [0.1, 0.15) is 12.8 Å². The number of imidazole rings is 1. The Balaban J connectivity index is 1.35. The van der Waals surface area contributed by atoms with E-state index in [0.717, 1.165) is 35.5 Å². The Kier molecular flexibility index (Phi) is 4.73. The number of urea groups is 1. The normalized spacial score (nSPS) is 13.9. The van der Waals surface area contributed by atoms with Gasteiger partial charge in [-0.25, -0.2) is 9.78 Å². The number of nitrogens with one attached hydrogen (secondary N) is 2. The van der Waals surface area contributed by atoms with Crippen LogP contribution in [-0.2, 0) is 6.54 Å². The molecule has 2 aromatic carbocycles. The van der Waals surface area contributed by atoms with Crippen LogP contribution in [0, 0.1) is 0 Å². The van der Waals surface area contributed by atoms with Crippen LogP contribution in [0.5, 0.6) is 0 Å². The van der Waals surface area contributed by atoms with E-state index in [1.54, 1.807) is 0 Å². The summed E-state index contributed by atoms with van der Waals surface area (Å²) in [7, 11) is 0. The zero-order valence-electron chi connectivity index (χ0n) is 14.7. The van der Waals surface area contributed by atoms with Crippen LogP contribution in [0.25, 0.3) is 11.0 Å². The van der Waals surface area contributed by atoms with E-state index in [1.165, 1.54) is 12.8 Å². The van der Waals surface area contributed by atoms with Crippen molar-refractivity contribution in [2.75, 3.05) is 29.9 Å². The number of fused-ring (bicyclic) bond motifs is 1. The van der Waals surface area contributed by atoms with Gasteiger partial charge in [0.05, 0.1) is 28.7 Å². The monoisotopic (exact) mass is 349 g/mol. The summed E-state index contributed by atoms with van der Waals surface area (Å²) in [6, 6.07) is 15.8. The number of hydrogen-bond acceptors (Lipinski definition) is 3. The molecule has 26 heavy (non-hydrogen) atoms. The maximum atomic E-state index is 12.3. The number of para-hydroxylation sites is 4. The predicted molar refractivity (Wildman–Crippen MR) is 105 cm³/mol. The Morgan fingerprint density at radius 2 is 1.81 bits per heavy atom. The summed E-state index contributed by atoms with van der Waals surface area (Å²) in [6.45, 7) is 3.32. The lowest BCUT2D eigenvalue weighted by Crippen LogP contribution is -2.32. The first-order valence-corrected chi connectivity index (χ1v) is 9.10. The van der Waals surface area contributed by atoms with Gasteiger partial charge in [0.2, 0.25) is 0 Å². The van der Waals surface area contributed by atoms with Crippen LogP contribution in [-0.4, -0.2) is 35.2 Å². The first kappa shape index (κ1) is 16.4. The lowest BCUT2D eigenvalue weighted by Gasteiger charge is -2.21. The van der Waals surface area contributed by atoms with Gasteiger partial charge < -0.3 is 20.1 Å². The fourth-order valence-electron chi connectivity index (χ4n) is 3.46. The molecule has 6 nitrogen and oxygen atoms in total. The molecule has 0 spiro atoms. The number of nitrogens with zero attached hydrogens (tertiary/aromatic N) is 3. The summed E-state index contributed by atoms with van der Waals surface area (Å²) in [5.41, 5.74) is 4.01.